The van der Waals surface area contributed by atoms with E-state index in [1.165, 1.54) is 5.56 Å². The largest absolute Gasteiger partial charge is 0.492 e. The zero-order valence-electron chi connectivity index (χ0n) is 12.7. The first-order chi connectivity index (χ1) is 10.2. The highest BCUT2D eigenvalue weighted by Gasteiger charge is 1.99. The van der Waals surface area contributed by atoms with E-state index >= 15 is 0 Å². The molecule has 0 unspecified atom stereocenters. The van der Waals surface area contributed by atoms with Crippen molar-refractivity contribution < 1.29 is 9.47 Å². The number of hydrogen-bond donors (Lipinski definition) is 1. The Bertz CT molecular complexity index is 526. The molecule has 0 aliphatic rings. The molecule has 0 aliphatic heterocycles. The van der Waals surface area contributed by atoms with Crippen molar-refractivity contribution in [2.75, 3.05) is 13.2 Å². The lowest BCUT2D eigenvalue weighted by atomic mass is 10.2. The van der Waals surface area contributed by atoms with Gasteiger partial charge in [-0.3, -0.25) is 0 Å². The molecule has 0 saturated heterocycles. The van der Waals surface area contributed by atoms with Gasteiger partial charge in [-0.2, -0.15) is 0 Å². The summed E-state index contributed by atoms with van der Waals surface area (Å²) in [6, 6.07) is 18.0. The van der Waals surface area contributed by atoms with Gasteiger partial charge < -0.3 is 14.8 Å². The van der Waals surface area contributed by atoms with E-state index in [0.717, 1.165) is 24.6 Å². The third-order valence-corrected chi connectivity index (χ3v) is 2.89. The third-order valence-electron chi connectivity index (χ3n) is 2.89. The highest BCUT2D eigenvalue weighted by atomic mass is 16.5. The van der Waals surface area contributed by atoms with E-state index in [2.05, 4.69) is 17.4 Å². The molecule has 0 heterocycles. The first-order valence-electron chi connectivity index (χ1n) is 7.38. The fourth-order valence-corrected chi connectivity index (χ4v) is 1.99. The van der Waals surface area contributed by atoms with Gasteiger partial charge in [-0.1, -0.05) is 30.3 Å². The first kappa shape index (κ1) is 15.4. The Morgan fingerprint density at radius 2 is 1.71 bits per heavy atom. The zero-order valence-corrected chi connectivity index (χ0v) is 12.7. The predicted octanol–water partition coefficient (Wildman–Crippen LogP) is 3.64. The molecule has 0 atom stereocenters. The van der Waals surface area contributed by atoms with Gasteiger partial charge in [0.25, 0.3) is 0 Å². The number of rotatable bonds is 8. The summed E-state index contributed by atoms with van der Waals surface area (Å²) in [4.78, 5) is 0. The number of nitrogens with one attached hydrogen (secondary N) is 1. The molecule has 2 rings (SSSR count). The van der Waals surface area contributed by atoms with Crippen LogP contribution in [0, 0.1) is 0 Å². The molecule has 0 amide bonds. The maximum Gasteiger partial charge on any atom is 0.120 e. The highest BCUT2D eigenvalue weighted by Crippen LogP contribution is 2.14. The van der Waals surface area contributed by atoms with Crippen molar-refractivity contribution in [3.8, 4) is 11.5 Å². The van der Waals surface area contributed by atoms with Gasteiger partial charge in [-0.15, -0.1) is 0 Å². The van der Waals surface area contributed by atoms with E-state index in [4.69, 9.17) is 9.47 Å². The Balaban J connectivity index is 1.69. The molecule has 2 aromatic carbocycles. The minimum absolute atomic E-state index is 0.201. The minimum Gasteiger partial charge on any atom is -0.492 e. The second-order valence-corrected chi connectivity index (χ2v) is 5.15. The van der Waals surface area contributed by atoms with E-state index in [1.54, 1.807) is 0 Å². The Hall–Kier alpha value is -2.00. The Labute approximate surface area is 126 Å². The van der Waals surface area contributed by atoms with Crippen LogP contribution in [0.2, 0.25) is 0 Å². The molecule has 0 spiro atoms. The molecule has 0 bridgehead atoms. The number of para-hydroxylation sites is 1. The van der Waals surface area contributed by atoms with E-state index in [0.29, 0.717) is 6.61 Å². The molecular formula is C18H23NO2. The fourth-order valence-electron chi connectivity index (χ4n) is 1.99. The molecular weight excluding hydrogens is 262 g/mol. The van der Waals surface area contributed by atoms with Crippen LogP contribution in [0.5, 0.6) is 11.5 Å². The van der Waals surface area contributed by atoms with Gasteiger partial charge >= 0.3 is 0 Å². The predicted molar refractivity (Wildman–Crippen MR) is 85.8 cm³/mol. The van der Waals surface area contributed by atoms with E-state index < -0.39 is 0 Å². The van der Waals surface area contributed by atoms with Gasteiger partial charge in [0, 0.05) is 13.1 Å². The normalized spacial score (nSPS) is 10.6. The van der Waals surface area contributed by atoms with Crippen molar-refractivity contribution in [3.63, 3.8) is 0 Å². The van der Waals surface area contributed by atoms with Gasteiger partial charge in [0.2, 0.25) is 0 Å². The van der Waals surface area contributed by atoms with Crippen LogP contribution in [0.3, 0.4) is 0 Å². The standard InChI is InChI=1S/C18H23NO2/c1-15(2)21-18-10-6-7-16(13-18)14-19-11-12-20-17-8-4-3-5-9-17/h3-10,13,15,19H,11-12,14H2,1-2H3. The summed E-state index contributed by atoms with van der Waals surface area (Å²) in [6.07, 6.45) is 0.201. The number of ether oxygens (including phenoxy) is 2. The SMILES string of the molecule is CC(C)Oc1cccc(CNCCOc2ccccc2)c1. The highest BCUT2D eigenvalue weighted by molar-refractivity contribution is 5.28. The number of benzene rings is 2. The monoisotopic (exact) mass is 285 g/mol. The second kappa shape index (κ2) is 8.32. The second-order valence-electron chi connectivity index (χ2n) is 5.15. The molecule has 21 heavy (non-hydrogen) atoms. The van der Waals surface area contributed by atoms with Crippen LogP contribution in [0.25, 0.3) is 0 Å². The molecule has 0 aromatic heterocycles. The molecule has 3 heteroatoms. The van der Waals surface area contributed by atoms with Crippen LogP contribution in [-0.2, 0) is 6.54 Å². The molecule has 2 aromatic rings. The first-order valence-corrected chi connectivity index (χ1v) is 7.38. The third kappa shape index (κ3) is 5.88. The summed E-state index contributed by atoms with van der Waals surface area (Å²) in [6.45, 7) is 6.35. The summed E-state index contributed by atoms with van der Waals surface area (Å²) in [5.74, 6) is 1.83. The van der Waals surface area contributed by atoms with Crippen molar-refractivity contribution in [2.24, 2.45) is 0 Å². The van der Waals surface area contributed by atoms with Crippen molar-refractivity contribution in [2.45, 2.75) is 26.5 Å². The van der Waals surface area contributed by atoms with Gasteiger partial charge in [-0.25, -0.2) is 0 Å². The lowest BCUT2D eigenvalue weighted by Crippen LogP contribution is -2.20. The maximum absolute atomic E-state index is 5.69. The van der Waals surface area contributed by atoms with Crippen molar-refractivity contribution >= 4 is 0 Å². The topological polar surface area (TPSA) is 30.5 Å². The van der Waals surface area contributed by atoms with Gasteiger partial charge in [0.15, 0.2) is 0 Å². The van der Waals surface area contributed by atoms with E-state index in [1.807, 2.05) is 56.3 Å². The molecule has 3 nitrogen and oxygen atoms in total. The van der Waals surface area contributed by atoms with E-state index in [-0.39, 0.29) is 6.10 Å². The van der Waals surface area contributed by atoms with Gasteiger partial charge in [0.05, 0.1) is 6.10 Å². The molecule has 0 saturated carbocycles. The van der Waals surface area contributed by atoms with Crippen molar-refractivity contribution in [1.82, 2.24) is 5.32 Å². The van der Waals surface area contributed by atoms with Crippen LogP contribution in [-0.4, -0.2) is 19.3 Å². The lowest BCUT2D eigenvalue weighted by molar-refractivity contribution is 0.242. The van der Waals surface area contributed by atoms with E-state index in [9.17, 15) is 0 Å². The van der Waals surface area contributed by atoms with Crippen LogP contribution < -0.4 is 14.8 Å². The molecule has 0 aliphatic carbocycles. The van der Waals surface area contributed by atoms with Crippen LogP contribution in [0.1, 0.15) is 19.4 Å². The summed E-state index contributed by atoms with van der Waals surface area (Å²) in [5.41, 5.74) is 1.22. The van der Waals surface area contributed by atoms with Gasteiger partial charge in [0.1, 0.15) is 18.1 Å². The van der Waals surface area contributed by atoms with Crippen LogP contribution >= 0.6 is 0 Å². The average molecular weight is 285 g/mol. The van der Waals surface area contributed by atoms with Crippen molar-refractivity contribution in [1.29, 1.82) is 0 Å². The van der Waals surface area contributed by atoms with Gasteiger partial charge in [-0.05, 0) is 43.7 Å². The zero-order chi connectivity index (χ0) is 14.9. The lowest BCUT2D eigenvalue weighted by Gasteiger charge is -2.11. The Morgan fingerprint density at radius 1 is 0.952 bits per heavy atom. The summed E-state index contributed by atoms with van der Waals surface area (Å²) >= 11 is 0. The smallest absolute Gasteiger partial charge is 0.120 e. The molecule has 112 valence electrons. The summed E-state index contributed by atoms with van der Waals surface area (Å²) < 4.78 is 11.3. The van der Waals surface area contributed by atoms with Crippen LogP contribution in [0.15, 0.2) is 54.6 Å². The van der Waals surface area contributed by atoms with Crippen LogP contribution in [0.4, 0.5) is 0 Å². The Morgan fingerprint density at radius 3 is 2.48 bits per heavy atom. The molecule has 0 radical (unpaired) electrons. The minimum atomic E-state index is 0.201. The fraction of sp³-hybridized carbons (Fsp3) is 0.333. The molecule has 1 N–H and O–H groups in total. The quantitative estimate of drug-likeness (QED) is 0.751. The average Bonchev–Trinajstić information content (AvgIpc) is 2.48. The molecule has 0 fully saturated rings. The number of hydrogen-bond acceptors (Lipinski definition) is 3. The summed E-state index contributed by atoms with van der Waals surface area (Å²) in [5, 5.41) is 3.37. The maximum atomic E-state index is 5.69. The van der Waals surface area contributed by atoms with Crippen molar-refractivity contribution in [3.05, 3.63) is 60.2 Å². The summed E-state index contributed by atoms with van der Waals surface area (Å²) in [7, 11) is 0. The Kier molecular flexibility index (Phi) is 6.10.